The highest BCUT2D eigenvalue weighted by atomic mass is 79.9. The third kappa shape index (κ3) is 6.88. The minimum Gasteiger partial charge on any atom is -0.465 e. The summed E-state index contributed by atoms with van der Waals surface area (Å²) in [4.78, 5) is 38.1. The number of hydrogen-bond acceptors (Lipinski definition) is 9. The van der Waals surface area contributed by atoms with E-state index in [2.05, 4.69) is 21.0 Å². The Labute approximate surface area is 223 Å². The van der Waals surface area contributed by atoms with Crippen molar-refractivity contribution < 1.29 is 37.4 Å². The van der Waals surface area contributed by atoms with Crippen molar-refractivity contribution in [1.82, 2.24) is 14.6 Å². The molecule has 204 valence electrons. The number of aromatic nitrogens is 2. The molecule has 0 bridgehead atoms. The number of alkyl halides is 2. The number of ether oxygens (including phenoxy) is 2. The van der Waals surface area contributed by atoms with E-state index in [-0.39, 0.29) is 12.4 Å². The average molecular weight is 629 g/mol. The highest BCUT2D eigenvalue weighted by Crippen LogP contribution is 2.51. The largest absolute Gasteiger partial charge is 0.465 e. The van der Waals surface area contributed by atoms with Gasteiger partial charge in [-0.05, 0) is 32.9 Å². The SMILES string of the molecule is CCOC(=O)C(C)(C)N[P@](=O)(OC[C@H]1O[C@@H](n2ccc(=O)[nH]c2=O)[C@](Cl)(Br)[C@@H]1O)Oc1cccc(F)c1. The minimum absolute atomic E-state index is 0.0521. The van der Waals surface area contributed by atoms with Gasteiger partial charge in [0.15, 0.2) is 10.0 Å². The van der Waals surface area contributed by atoms with Gasteiger partial charge in [0.25, 0.3) is 5.56 Å². The molecule has 1 saturated heterocycles. The van der Waals surface area contributed by atoms with Gasteiger partial charge >= 0.3 is 19.4 Å². The molecule has 37 heavy (non-hydrogen) atoms. The quantitative estimate of drug-likeness (QED) is 0.203. The maximum absolute atomic E-state index is 13.7. The molecule has 1 aromatic carbocycles. The Morgan fingerprint density at radius 1 is 1.41 bits per heavy atom. The lowest BCUT2D eigenvalue weighted by atomic mass is 10.1. The smallest absolute Gasteiger partial charge is 0.459 e. The second kappa shape index (κ2) is 11.4. The van der Waals surface area contributed by atoms with E-state index in [1.165, 1.54) is 26.0 Å². The molecule has 0 spiro atoms. The molecule has 0 unspecified atom stereocenters. The van der Waals surface area contributed by atoms with Gasteiger partial charge in [0, 0.05) is 18.3 Å². The van der Waals surface area contributed by atoms with Crippen LogP contribution in [0.15, 0.2) is 46.1 Å². The Bertz CT molecular complexity index is 1300. The summed E-state index contributed by atoms with van der Waals surface area (Å²) in [7, 11) is -4.47. The van der Waals surface area contributed by atoms with Gasteiger partial charge in [0.1, 0.15) is 29.3 Å². The molecule has 1 aromatic heterocycles. The monoisotopic (exact) mass is 627 g/mol. The van der Waals surface area contributed by atoms with Crippen LogP contribution in [-0.2, 0) is 23.4 Å². The Kier molecular flexibility index (Phi) is 9.05. The van der Waals surface area contributed by atoms with Gasteiger partial charge in [-0.3, -0.25) is 23.7 Å². The first kappa shape index (κ1) is 29.5. The highest BCUT2D eigenvalue weighted by Gasteiger charge is 2.56. The molecule has 3 N–H and O–H groups in total. The van der Waals surface area contributed by atoms with Gasteiger partial charge < -0.3 is 19.1 Å². The number of rotatable bonds is 10. The summed E-state index contributed by atoms with van der Waals surface area (Å²) in [6.45, 7) is 3.77. The van der Waals surface area contributed by atoms with E-state index in [9.17, 15) is 28.4 Å². The fourth-order valence-corrected chi connectivity index (χ4v) is 5.93. The third-order valence-corrected chi connectivity index (χ3v) is 8.16. The van der Waals surface area contributed by atoms with Crippen molar-refractivity contribution in [2.45, 2.75) is 48.5 Å². The third-order valence-electron chi connectivity index (χ3n) is 5.12. The lowest BCUT2D eigenvalue weighted by Gasteiger charge is -2.29. The molecular weight excluding hydrogens is 604 g/mol. The van der Waals surface area contributed by atoms with Crippen LogP contribution in [0.2, 0.25) is 0 Å². The van der Waals surface area contributed by atoms with E-state index < -0.39 is 65.1 Å². The van der Waals surface area contributed by atoms with Crippen LogP contribution < -0.4 is 20.9 Å². The topological polar surface area (TPSA) is 158 Å². The summed E-state index contributed by atoms with van der Waals surface area (Å²) >= 11 is 9.56. The first-order valence-corrected chi connectivity index (χ1v) is 13.6. The zero-order valence-electron chi connectivity index (χ0n) is 19.9. The molecule has 2 heterocycles. The van der Waals surface area contributed by atoms with E-state index in [1.54, 1.807) is 6.92 Å². The molecule has 0 saturated carbocycles. The van der Waals surface area contributed by atoms with Gasteiger partial charge in [0.05, 0.1) is 13.2 Å². The molecule has 0 aliphatic carbocycles. The number of hydrogen-bond donors (Lipinski definition) is 3. The zero-order valence-corrected chi connectivity index (χ0v) is 23.1. The molecule has 2 aromatic rings. The maximum Gasteiger partial charge on any atom is 0.459 e. The zero-order chi connectivity index (χ0) is 27.6. The molecule has 16 heteroatoms. The molecule has 12 nitrogen and oxygen atoms in total. The summed E-state index contributed by atoms with van der Waals surface area (Å²) in [5.74, 6) is -1.62. The van der Waals surface area contributed by atoms with Crippen molar-refractivity contribution in [2.75, 3.05) is 13.2 Å². The number of H-pyrrole nitrogens is 1. The molecule has 1 aliphatic rings. The fourth-order valence-electron chi connectivity index (χ4n) is 3.33. The van der Waals surface area contributed by atoms with Crippen LogP contribution in [-0.4, -0.2) is 55.4 Å². The fraction of sp³-hybridized carbons (Fsp3) is 0.476. The lowest BCUT2D eigenvalue weighted by molar-refractivity contribution is -0.149. The van der Waals surface area contributed by atoms with Crippen LogP contribution in [0.4, 0.5) is 4.39 Å². The van der Waals surface area contributed by atoms with Crippen LogP contribution in [0.25, 0.3) is 0 Å². The van der Waals surface area contributed by atoms with Crippen LogP contribution in [0.1, 0.15) is 27.0 Å². The molecule has 5 atom stereocenters. The molecule has 1 fully saturated rings. The molecule has 0 radical (unpaired) electrons. The number of carbonyl (C=O) groups is 1. The van der Waals surface area contributed by atoms with Crippen LogP contribution in [0.3, 0.4) is 0 Å². The van der Waals surface area contributed by atoms with Gasteiger partial charge in [-0.25, -0.2) is 13.8 Å². The van der Waals surface area contributed by atoms with Crippen molar-refractivity contribution in [3.8, 4) is 5.75 Å². The maximum atomic E-state index is 13.7. The predicted octanol–water partition coefficient (Wildman–Crippen LogP) is 2.40. The van der Waals surface area contributed by atoms with Crippen LogP contribution in [0, 0.1) is 5.82 Å². The second-order valence-corrected chi connectivity index (χ2v) is 12.5. The van der Waals surface area contributed by atoms with Gasteiger partial charge in [-0.1, -0.05) is 33.6 Å². The van der Waals surface area contributed by atoms with E-state index in [0.717, 1.165) is 29.0 Å². The van der Waals surface area contributed by atoms with Crippen LogP contribution in [0.5, 0.6) is 5.75 Å². The van der Waals surface area contributed by atoms with Gasteiger partial charge in [0.2, 0.25) is 0 Å². The number of halogens is 3. The van der Waals surface area contributed by atoms with Crippen molar-refractivity contribution in [3.05, 3.63) is 63.2 Å². The van der Waals surface area contributed by atoms with Crippen molar-refractivity contribution in [1.29, 1.82) is 0 Å². The summed E-state index contributed by atoms with van der Waals surface area (Å²) in [6, 6.07) is 5.79. The summed E-state index contributed by atoms with van der Waals surface area (Å²) in [5.41, 5.74) is -3.08. The normalized spacial score (nSPS) is 25.4. The Morgan fingerprint density at radius 3 is 2.73 bits per heavy atom. The van der Waals surface area contributed by atoms with Crippen molar-refractivity contribution in [3.63, 3.8) is 0 Å². The molecule has 1 aliphatic heterocycles. The van der Waals surface area contributed by atoms with E-state index in [4.69, 9.17) is 30.1 Å². The van der Waals surface area contributed by atoms with E-state index in [1.807, 2.05) is 4.98 Å². The standard InChI is InChI=1S/C21H25BrClFN3O9P/c1-4-33-18(30)20(2,3)26-37(32,36-13-7-5-6-12(24)10-13)34-11-14-16(29)21(22,23)17(35-14)27-9-8-15(28)25-19(27)31/h5-10,14,16-17,29H,4,11H2,1-3H3,(H,26,32)(H,25,28,31)/t14-,16-,17-,21+,37+/m1/s1. The number of esters is 1. The molecule has 0 amide bonds. The molecular formula is C21H25BrClFN3O9P. The van der Waals surface area contributed by atoms with Crippen LogP contribution >= 0.6 is 35.3 Å². The van der Waals surface area contributed by atoms with E-state index in [0.29, 0.717) is 0 Å². The van der Waals surface area contributed by atoms with Crippen molar-refractivity contribution in [2.24, 2.45) is 0 Å². The average Bonchev–Trinajstić information content (AvgIpc) is 3.01. The summed E-state index contributed by atoms with van der Waals surface area (Å²) in [5, 5.41) is 13.2. The Balaban J connectivity index is 1.86. The number of aliphatic hydroxyl groups excluding tert-OH is 1. The van der Waals surface area contributed by atoms with Crippen molar-refractivity contribution >= 4 is 41.2 Å². The number of nitrogens with one attached hydrogen (secondary N) is 2. The summed E-state index contributed by atoms with van der Waals surface area (Å²) in [6.07, 6.45) is -3.01. The summed E-state index contributed by atoms with van der Waals surface area (Å²) < 4.78 is 48.3. The number of aromatic amines is 1. The predicted molar refractivity (Wildman–Crippen MR) is 133 cm³/mol. The number of aliphatic hydroxyl groups is 1. The Hall–Kier alpha value is -2.06. The van der Waals surface area contributed by atoms with Gasteiger partial charge in [-0.15, -0.1) is 0 Å². The first-order chi connectivity index (χ1) is 17.2. The number of carbonyl (C=O) groups excluding carboxylic acids is 1. The number of nitrogens with zero attached hydrogens (tertiary/aromatic N) is 1. The minimum atomic E-state index is -4.47. The first-order valence-electron chi connectivity index (χ1n) is 10.9. The Morgan fingerprint density at radius 2 is 2.11 bits per heavy atom. The van der Waals surface area contributed by atoms with Gasteiger partial charge in [-0.2, -0.15) is 5.09 Å². The second-order valence-electron chi connectivity index (χ2n) is 8.46. The lowest BCUT2D eigenvalue weighted by Crippen LogP contribution is -2.47. The number of benzene rings is 1. The molecule has 3 rings (SSSR count). The highest BCUT2D eigenvalue weighted by molar-refractivity contribution is 9.10. The van der Waals surface area contributed by atoms with E-state index >= 15 is 0 Å².